The maximum absolute atomic E-state index is 8.94. The molecule has 2 rings (SSSR count). The van der Waals surface area contributed by atoms with Crippen LogP contribution in [-0.2, 0) is 4.74 Å². The molecular formula is C12H17BO4. The van der Waals surface area contributed by atoms with Crippen molar-refractivity contribution in [1.82, 2.24) is 0 Å². The smallest absolute Gasteiger partial charge is 0.488 e. The monoisotopic (exact) mass is 236 g/mol. The molecule has 0 amide bonds. The van der Waals surface area contributed by atoms with Gasteiger partial charge in [0.25, 0.3) is 0 Å². The Kier molecular flexibility index (Phi) is 4.42. The van der Waals surface area contributed by atoms with Crippen molar-refractivity contribution in [2.75, 3.05) is 13.2 Å². The van der Waals surface area contributed by atoms with Crippen LogP contribution in [0, 0.1) is 0 Å². The molecule has 1 aromatic rings. The fourth-order valence-electron chi connectivity index (χ4n) is 1.86. The van der Waals surface area contributed by atoms with Crippen LogP contribution < -0.4 is 10.2 Å². The van der Waals surface area contributed by atoms with E-state index in [1.54, 1.807) is 24.3 Å². The molecule has 1 atom stereocenters. The molecule has 0 aromatic heterocycles. The average Bonchev–Trinajstić information content (AvgIpc) is 2.38. The van der Waals surface area contributed by atoms with Crippen LogP contribution >= 0.6 is 0 Å². The Morgan fingerprint density at radius 2 is 2.00 bits per heavy atom. The molecule has 17 heavy (non-hydrogen) atoms. The molecule has 1 aromatic carbocycles. The van der Waals surface area contributed by atoms with Gasteiger partial charge in [-0.3, -0.25) is 0 Å². The van der Waals surface area contributed by atoms with Gasteiger partial charge in [0.15, 0.2) is 0 Å². The lowest BCUT2D eigenvalue weighted by Gasteiger charge is -2.22. The Hall–Kier alpha value is -1.04. The van der Waals surface area contributed by atoms with E-state index >= 15 is 0 Å². The molecule has 1 aliphatic rings. The van der Waals surface area contributed by atoms with Crippen molar-refractivity contribution in [2.45, 2.75) is 25.4 Å². The maximum Gasteiger partial charge on any atom is 0.488 e. The van der Waals surface area contributed by atoms with Crippen molar-refractivity contribution in [3.05, 3.63) is 24.3 Å². The van der Waals surface area contributed by atoms with E-state index in [0.717, 1.165) is 25.2 Å². The second-order valence-corrected chi connectivity index (χ2v) is 4.24. The summed E-state index contributed by atoms with van der Waals surface area (Å²) in [5, 5.41) is 17.9. The SMILES string of the molecule is OB(O)c1ccc(OC[C@@H]2CCCCO2)cc1. The zero-order valence-electron chi connectivity index (χ0n) is 9.71. The van der Waals surface area contributed by atoms with E-state index in [2.05, 4.69) is 0 Å². The number of benzene rings is 1. The van der Waals surface area contributed by atoms with E-state index in [-0.39, 0.29) is 6.10 Å². The van der Waals surface area contributed by atoms with Gasteiger partial charge in [0.2, 0.25) is 0 Å². The second-order valence-electron chi connectivity index (χ2n) is 4.24. The lowest BCUT2D eigenvalue weighted by Crippen LogP contribution is -2.29. The molecule has 1 aliphatic heterocycles. The van der Waals surface area contributed by atoms with E-state index in [1.165, 1.54) is 6.42 Å². The van der Waals surface area contributed by atoms with Gasteiger partial charge in [-0.1, -0.05) is 12.1 Å². The van der Waals surface area contributed by atoms with Crippen molar-refractivity contribution < 1.29 is 19.5 Å². The Morgan fingerprint density at radius 3 is 2.59 bits per heavy atom. The Balaban J connectivity index is 1.82. The minimum Gasteiger partial charge on any atom is -0.491 e. The van der Waals surface area contributed by atoms with Gasteiger partial charge >= 0.3 is 7.12 Å². The number of hydrogen-bond acceptors (Lipinski definition) is 4. The molecule has 1 heterocycles. The third kappa shape index (κ3) is 3.73. The van der Waals surface area contributed by atoms with Crippen LogP contribution in [0.15, 0.2) is 24.3 Å². The summed E-state index contributed by atoms with van der Waals surface area (Å²) in [5.41, 5.74) is 0.464. The van der Waals surface area contributed by atoms with Crippen molar-refractivity contribution >= 4 is 12.6 Å². The largest absolute Gasteiger partial charge is 0.491 e. The predicted molar refractivity (Wildman–Crippen MR) is 65.4 cm³/mol. The van der Waals surface area contributed by atoms with Crippen LogP contribution in [0.2, 0.25) is 0 Å². The van der Waals surface area contributed by atoms with Gasteiger partial charge in [-0.05, 0) is 36.9 Å². The van der Waals surface area contributed by atoms with Gasteiger partial charge in [0.05, 0.1) is 6.10 Å². The van der Waals surface area contributed by atoms with Crippen molar-refractivity contribution in [2.24, 2.45) is 0 Å². The molecule has 5 heteroatoms. The second kappa shape index (κ2) is 6.05. The fraction of sp³-hybridized carbons (Fsp3) is 0.500. The Labute approximate surface area is 101 Å². The lowest BCUT2D eigenvalue weighted by atomic mass is 9.80. The molecule has 0 saturated carbocycles. The fourth-order valence-corrected chi connectivity index (χ4v) is 1.86. The first-order valence-corrected chi connectivity index (χ1v) is 5.96. The number of ether oxygens (including phenoxy) is 2. The molecule has 0 spiro atoms. The summed E-state index contributed by atoms with van der Waals surface area (Å²) in [7, 11) is -1.43. The Morgan fingerprint density at radius 1 is 1.24 bits per heavy atom. The van der Waals surface area contributed by atoms with E-state index in [4.69, 9.17) is 19.5 Å². The normalized spacial score (nSPS) is 20.0. The van der Waals surface area contributed by atoms with Gasteiger partial charge in [-0.15, -0.1) is 0 Å². The zero-order valence-corrected chi connectivity index (χ0v) is 9.71. The summed E-state index contributed by atoms with van der Waals surface area (Å²) < 4.78 is 11.1. The van der Waals surface area contributed by atoms with Crippen molar-refractivity contribution in [1.29, 1.82) is 0 Å². The summed E-state index contributed by atoms with van der Waals surface area (Å²) in [4.78, 5) is 0. The Bertz CT molecular complexity index is 333. The zero-order chi connectivity index (χ0) is 12.1. The first-order valence-electron chi connectivity index (χ1n) is 5.96. The maximum atomic E-state index is 8.94. The molecule has 2 N–H and O–H groups in total. The minimum atomic E-state index is -1.43. The summed E-state index contributed by atoms with van der Waals surface area (Å²) in [5.74, 6) is 0.726. The van der Waals surface area contributed by atoms with Crippen molar-refractivity contribution in [3.8, 4) is 5.75 Å². The summed E-state index contributed by atoms with van der Waals surface area (Å²) in [6.07, 6.45) is 3.57. The third-order valence-electron chi connectivity index (χ3n) is 2.89. The number of hydrogen-bond donors (Lipinski definition) is 2. The van der Waals surface area contributed by atoms with Crippen LogP contribution in [0.3, 0.4) is 0 Å². The van der Waals surface area contributed by atoms with Crippen LogP contribution in [-0.4, -0.2) is 36.5 Å². The van der Waals surface area contributed by atoms with Gasteiger partial charge in [-0.25, -0.2) is 0 Å². The molecule has 4 nitrogen and oxygen atoms in total. The van der Waals surface area contributed by atoms with Gasteiger partial charge in [0, 0.05) is 6.61 Å². The molecule has 1 saturated heterocycles. The first-order chi connectivity index (χ1) is 8.25. The first kappa shape index (κ1) is 12.4. The van der Waals surface area contributed by atoms with Gasteiger partial charge < -0.3 is 19.5 Å². The predicted octanol–water partition coefficient (Wildman–Crippen LogP) is 0.314. The van der Waals surface area contributed by atoms with E-state index in [1.807, 2.05) is 0 Å². The highest BCUT2D eigenvalue weighted by Gasteiger charge is 2.15. The summed E-state index contributed by atoms with van der Waals surface area (Å²) >= 11 is 0. The molecule has 0 aliphatic carbocycles. The third-order valence-corrected chi connectivity index (χ3v) is 2.89. The molecule has 92 valence electrons. The van der Waals surface area contributed by atoms with Crippen LogP contribution in [0.1, 0.15) is 19.3 Å². The lowest BCUT2D eigenvalue weighted by molar-refractivity contribution is -0.0110. The van der Waals surface area contributed by atoms with Gasteiger partial charge in [0.1, 0.15) is 12.4 Å². The molecule has 0 bridgehead atoms. The summed E-state index contributed by atoms with van der Waals surface area (Å²) in [6, 6.07) is 6.75. The minimum absolute atomic E-state index is 0.187. The molecular weight excluding hydrogens is 219 g/mol. The quantitative estimate of drug-likeness (QED) is 0.739. The average molecular weight is 236 g/mol. The topological polar surface area (TPSA) is 58.9 Å². The molecule has 1 fully saturated rings. The highest BCUT2D eigenvalue weighted by molar-refractivity contribution is 6.58. The number of rotatable bonds is 4. The molecule has 0 radical (unpaired) electrons. The molecule has 0 unspecified atom stereocenters. The van der Waals surface area contributed by atoms with Crippen LogP contribution in [0.4, 0.5) is 0 Å². The highest BCUT2D eigenvalue weighted by Crippen LogP contribution is 2.15. The van der Waals surface area contributed by atoms with E-state index in [0.29, 0.717) is 12.1 Å². The van der Waals surface area contributed by atoms with Crippen molar-refractivity contribution in [3.63, 3.8) is 0 Å². The van der Waals surface area contributed by atoms with Gasteiger partial charge in [-0.2, -0.15) is 0 Å². The van der Waals surface area contributed by atoms with Crippen LogP contribution in [0.25, 0.3) is 0 Å². The highest BCUT2D eigenvalue weighted by atomic mass is 16.5. The summed E-state index contributed by atoms with van der Waals surface area (Å²) in [6.45, 7) is 1.38. The standard InChI is InChI=1S/C12H17BO4/c14-13(15)10-4-6-11(7-5-10)17-9-12-3-1-2-8-16-12/h4-7,12,14-15H,1-3,8-9H2/t12-/m0/s1. The van der Waals surface area contributed by atoms with E-state index < -0.39 is 7.12 Å². The van der Waals surface area contributed by atoms with Crippen LogP contribution in [0.5, 0.6) is 5.75 Å². The van der Waals surface area contributed by atoms with E-state index in [9.17, 15) is 0 Å².